The highest BCUT2D eigenvalue weighted by Gasteiger charge is 2.09. The van der Waals surface area contributed by atoms with Gasteiger partial charge in [-0.25, -0.2) is 4.98 Å². The number of thiazole rings is 1. The van der Waals surface area contributed by atoms with E-state index >= 15 is 0 Å². The van der Waals surface area contributed by atoms with Gasteiger partial charge in [-0.05, 0) is 26.9 Å². The molecule has 0 saturated heterocycles. The zero-order valence-electron chi connectivity index (χ0n) is 9.86. The van der Waals surface area contributed by atoms with Crippen LogP contribution in [0.1, 0.15) is 26.0 Å². The van der Waals surface area contributed by atoms with E-state index in [2.05, 4.69) is 41.5 Å². The molecule has 1 aromatic rings. The normalized spacial score (nSPS) is 13.3. The third-order valence-corrected chi connectivity index (χ3v) is 3.15. The first-order chi connectivity index (χ1) is 7.24. The molecule has 1 unspecified atom stereocenters. The van der Waals surface area contributed by atoms with Crippen LogP contribution in [0.15, 0.2) is 10.9 Å². The lowest BCUT2D eigenvalue weighted by molar-refractivity contribution is 0.241. The van der Waals surface area contributed by atoms with Crippen molar-refractivity contribution >= 4 is 11.3 Å². The summed E-state index contributed by atoms with van der Waals surface area (Å²) in [7, 11) is 2.15. The SMILES string of the molecule is CCCNCC(C)N(C)Cc1cscn1. The second-order valence-electron chi connectivity index (χ2n) is 3.95. The number of rotatable bonds is 7. The molecule has 1 N–H and O–H groups in total. The Hall–Kier alpha value is -0.450. The van der Waals surface area contributed by atoms with E-state index in [1.165, 1.54) is 12.1 Å². The smallest absolute Gasteiger partial charge is 0.0795 e. The monoisotopic (exact) mass is 227 g/mol. The first-order valence-electron chi connectivity index (χ1n) is 5.52. The lowest BCUT2D eigenvalue weighted by Crippen LogP contribution is -2.37. The molecule has 0 aliphatic carbocycles. The Labute approximate surface area is 96.5 Å². The molecule has 0 aromatic carbocycles. The number of nitrogens with zero attached hydrogens (tertiary/aromatic N) is 2. The molecule has 0 fully saturated rings. The van der Waals surface area contributed by atoms with Gasteiger partial charge in [-0.15, -0.1) is 11.3 Å². The van der Waals surface area contributed by atoms with Crippen LogP contribution in [0.3, 0.4) is 0 Å². The Morgan fingerprint density at radius 2 is 2.40 bits per heavy atom. The van der Waals surface area contributed by atoms with Gasteiger partial charge in [0.15, 0.2) is 0 Å². The molecule has 0 bridgehead atoms. The maximum Gasteiger partial charge on any atom is 0.0795 e. The van der Waals surface area contributed by atoms with E-state index in [1.807, 2.05) is 5.51 Å². The van der Waals surface area contributed by atoms with Crippen molar-refractivity contribution in [3.8, 4) is 0 Å². The zero-order chi connectivity index (χ0) is 11.1. The minimum absolute atomic E-state index is 0.554. The quantitative estimate of drug-likeness (QED) is 0.722. The average molecular weight is 227 g/mol. The second-order valence-corrected chi connectivity index (χ2v) is 4.67. The Morgan fingerprint density at radius 3 is 3.00 bits per heavy atom. The Balaban J connectivity index is 2.23. The van der Waals surface area contributed by atoms with Gasteiger partial charge in [-0.1, -0.05) is 6.92 Å². The molecular weight excluding hydrogens is 206 g/mol. The number of likely N-dealkylation sites (N-methyl/N-ethyl adjacent to an activating group) is 1. The third-order valence-electron chi connectivity index (χ3n) is 2.51. The lowest BCUT2D eigenvalue weighted by atomic mass is 10.2. The molecular formula is C11H21N3S. The van der Waals surface area contributed by atoms with Crippen LogP contribution < -0.4 is 5.32 Å². The van der Waals surface area contributed by atoms with Crippen molar-refractivity contribution in [2.24, 2.45) is 0 Å². The molecule has 1 atom stereocenters. The largest absolute Gasteiger partial charge is 0.315 e. The summed E-state index contributed by atoms with van der Waals surface area (Å²) >= 11 is 1.66. The zero-order valence-corrected chi connectivity index (χ0v) is 10.7. The van der Waals surface area contributed by atoms with Crippen LogP contribution in [-0.2, 0) is 6.54 Å². The number of aromatic nitrogens is 1. The van der Waals surface area contributed by atoms with Crippen molar-refractivity contribution in [3.63, 3.8) is 0 Å². The van der Waals surface area contributed by atoms with Crippen molar-refractivity contribution in [1.82, 2.24) is 15.2 Å². The maximum absolute atomic E-state index is 4.29. The molecule has 0 radical (unpaired) electrons. The summed E-state index contributed by atoms with van der Waals surface area (Å²) in [6, 6.07) is 0.554. The summed E-state index contributed by atoms with van der Waals surface area (Å²) in [5.41, 5.74) is 3.06. The molecule has 86 valence electrons. The van der Waals surface area contributed by atoms with E-state index in [4.69, 9.17) is 0 Å². The van der Waals surface area contributed by atoms with E-state index in [1.54, 1.807) is 11.3 Å². The van der Waals surface area contributed by atoms with Crippen LogP contribution in [0.5, 0.6) is 0 Å². The van der Waals surface area contributed by atoms with Crippen LogP contribution in [-0.4, -0.2) is 36.1 Å². The molecule has 1 aromatic heterocycles. The summed E-state index contributed by atoms with van der Waals surface area (Å²) in [6.07, 6.45) is 1.20. The highest BCUT2D eigenvalue weighted by atomic mass is 32.1. The number of nitrogens with one attached hydrogen (secondary N) is 1. The molecule has 0 spiro atoms. The van der Waals surface area contributed by atoms with Crippen LogP contribution in [0.2, 0.25) is 0 Å². The second kappa shape index (κ2) is 6.93. The molecule has 0 aliphatic rings. The van der Waals surface area contributed by atoms with Crippen molar-refractivity contribution in [1.29, 1.82) is 0 Å². The predicted octanol–water partition coefficient (Wildman–Crippen LogP) is 1.96. The molecule has 0 saturated carbocycles. The van der Waals surface area contributed by atoms with Gasteiger partial charge in [0.25, 0.3) is 0 Å². The highest BCUT2D eigenvalue weighted by molar-refractivity contribution is 7.07. The highest BCUT2D eigenvalue weighted by Crippen LogP contribution is 2.06. The van der Waals surface area contributed by atoms with Crippen molar-refractivity contribution in [2.75, 3.05) is 20.1 Å². The first kappa shape index (κ1) is 12.6. The summed E-state index contributed by atoms with van der Waals surface area (Å²) < 4.78 is 0. The summed E-state index contributed by atoms with van der Waals surface area (Å²) in [4.78, 5) is 6.62. The average Bonchev–Trinajstić information content (AvgIpc) is 2.70. The molecule has 1 heterocycles. The van der Waals surface area contributed by atoms with E-state index in [0.29, 0.717) is 6.04 Å². The molecule has 3 nitrogen and oxygen atoms in total. The van der Waals surface area contributed by atoms with Gasteiger partial charge in [0.1, 0.15) is 0 Å². The van der Waals surface area contributed by atoms with Gasteiger partial charge in [0.2, 0.25) is 0 Å². The van der Waals surface area contributed by atoms with E-state index in [-0.39, 0.29) is 0 Å². The van der Waals surface area contributed by atoms with Gasteiger partial charge < -0.3 is 5.32 Å². The first-order valence-corrected chi connectivity index (χ1v) is 6.46. The van der Waals surface area contributed by atoms with Crippen LogP contribution in [0.4, 0.5) is 0 Å². The van der Waals surface area contributed by atoms with Crippen molar-refractivity contribution in [2.45, 2.75) is 32.9 Å². The van der Waals surface area contributed by atoms with E-state index in [0.717, 1.165) is 19.6 Å². The van der Waals surface area contributed by atoms with Crippen molar-refractivity contribution in [3.05, 3.63) is 16.6 Å². The van der Waals surface area contributed by atoms with Gasteiger partial charge in [0.05, 0.1) is 11.2 Å². The van der Waals surface area contributed by atoms with Crippen LogP contribution in [0, 0.1) is 0 Å². The summed E-state index contributed by atoms with van der Waals surface area (Å²) in [5, 5.41) is 5.55. The van der Waals surface area contributed by atoms with Crippen molar-refractivity contribution < 1.29 is 0 Å². The molecule has 15 heavy (non-hydrogen) atoms. The summed E-state index contributed by atoms with van der Waals surface area (Å²) in [5.74, 6) is 0. The standard InChI is InChI=1S/C11H21N3S/c1-4-5-12-6-10(2)14(3)7-11-8-15-9-13-11/h8-10,12H,4-7H2,1-3H3. The maximum atomic E-state index is 4.29. The fourth-order valence-corrected chi connectivity index (χ4v) is 1.92. The Morgan fingerprint density at radius 1 is 1.60 bits per heavy atom. The third kappa shape index (κ3) is 4.73. The van der Waals surface area contributed by atoms with E-state index in [9.17, 15) is 0 Å². The Bertz CT molecular complexity index is 248. The molecule has 0 amide bonds. The van der Waals surface area contributed by atoms with Crippen LogP contribution in [0.25, 0.3) is 0 Å². The minimum atomic E-state index is 0.554. The van der Waals surface area contributed by atoms with Gasteiger partial charge in [0, 0.05) is 24.5 Å². The van der Waals surface area contributed by atoms with Crippen LogP contribution >= 0.6 is 11.3 Å². The fourth-order valence-electron chi connectivity index (χ4n) is 1.37. The minimum Gasteiger partial charge on any atom is -0.315 e. The molecule has 1 rings (SSSR count). The fraction of sp³-hybridized carbons (Fsp3) is 0.727. The summed E-state index contributed by atoms with van der Waals surface area (Å²) in [6.45, 7) is 7.54. The van der Waals surface area contributed by atoms with E-state index < -0.39 is 0 Å². The molecule has 0 aliphatic heterocycles. The topological polar surface area (TPSA) is 28.2 Å². The number of hydrogen-bond donors (Lipinski definition) is 1. The lowest BCUT2D eigenvalue weighted by Gasteiger charge is -2.24. The van der Waals surface area contributed by atoms with Gasteiger partial charge in [-0.2, -0.15) is 0 Å². The molecule has 4 heteroatoms. The Kier molecular flexibility index (Phi) is 5.83. The van der Waals surface area contributed by atoms with Gasteiger partial charge in [-0.3, -0.25) is 4.90 Å². The van der Waals surface area contributed by atoms with Gasteiger partial charge >= 0.3 is 0 Å². The predicted molar refractivity (Wildman–Crippen MR) is 66.2 cm³/mol. The number of hydrogen-bond acceptors (Lipinski definition) is 4.